The van der Waals surface area contributed by atoms with Gasteiger partial charge in [0, 0.05) is 23.7 Å². The molecule has 0 spiro atoms. The number of benzene rings is 1. The molecule has 21 heavy (non-hydrogen) atoms. The van der Waals surface area contributed by atoms with Crippen molar-refractivity contribution in [3.63, 3.8) is 0 Å². The molecule has 3 nitrogen and oxygen atoms in total. The Morgan fingerprint density at radius 3 is 2.95 bits per heavy atom. The summed E-state index contributed by atoms with van der Waals surface area (Å²) in [6.07, 6.45) is 7.88. The van der Waals surface area contributed by atoms with Crippen molar-refractivity contribution in [2.75, 3.05) is 7.11 Å². The van der Waals surface area contributed by atoms with E-state index in [-0.39, 0.29) is 5.78 Å². The van der Waals surface area contributed by atoms with E-state index in [1.165, 1.54) is 25.7 Å². The van der Waals surface area contributed by atoms with Crippen LogP contribution in [0.1, 0.15) is 42.5 Å². The molecule has 4 rings (SSSR count). The molecule has 1 heterocycles. The van der Waals surface area contributed by atoms with Gasteiger partial charge in [-0.25, -0.2) is 0 Å². The van der Waals surface area contributed by atoms with E-state index in [2.05, 4.69) is 4.98 Å². The lowest BCUT2D eigenvalue weighted by Crippen LogP contribution is -2.15. The molecule has 110 valence electrons. The minimum atomic E-state index is 0.267. The summed E-state index contributed by atoms with van der Waals surface area (Å²) in [4.78, 5) is 15.9. The van der Waals surface area contributed by atoms with Gasteiger partial charge >= 0.3 is 0 Å². The van der Waals surface area contributed by atoms with Gasteiger partial charge in [-0.05, 0) is 49.1 Å². The van der Waals surface area contributed by atoms with E-state index >= 15 is 0 Å². The number of methoxy groups -OCH3 is 1. The van der Waals surface area contributed by atoms with Gasteiger partial charge in [-0.15, -0.1) is 0 Å². The van der Waals surface area contributed by atoms with Crippen LogP contribution in [-0.4, -0.2) is 17.9 Å². The van der Waals surface area contributed by atoms with Crippen molar-refractivity contribution < 1.29 is 9.53 Å². The quantitative estimate of drug-likeness (QED) is 0.855. The van der Waals surface area contributed by atoms with Gasteiger partial charge in [-0.2, -0.15) is 0 Å². The minimum Gasteiger partial charge on any atom is -0.496 e. The number of hydrogen-bond donors (Lipinski definition) is 1. The van der Waals surface area contributed by atoms with Crippen LogP contribution in [0.2, 0.25) is 0 Å². The molecule has 0 saturated heterocycles. The van der Waals surface area contributed by atoms with Crippen LogP contribution in [-0.2, 0) is 0 Å². The highest BCUT2D eigenvalue weighted by atomic mass is 16.5. The van der Waals surface area contributed by atoms with E-state index in [1.54, 1.807) is 7.11 Å². The fourth-order valence-electron chi connectivity index (χ4n) is 4.52. The minimum absolute atomic E-state index is 0.267. The van der Waals surface area contributed by atoms with Crippen LogP contribution >= 0.6 is 0 Å². The van der Waals surface area contributed by atoms with Crippen LogP contribution < -0.4 is 4.74 Å². The first-order valence-corrected chi connectivity index (χ1v) is 7.93. The summed E-state index contributed by atoms with van der Waals surface area (Å²) in [7, 11) is 1.66. The van der Waals surface area contributed by atoms with Gasteiger partial charge in [0.15, 0.2) is 5.78 Å². The highest BCUT2D eigenvalue weighted by Crippen LogP contribution is 2.50. The predicted octanol–water partition coefficient (Wildman–Crippen LogP) is 4.19. The molecule has 2 fully saturated rings. The molecule has 3 atom stereocenters. The second-order valence-corrected chi connectivity index (χ2v) is 6.65. The highest BCUT2D eigenvalue weighted by molar-refractivity contribution is 6.10. The summed E-state index contributed by atoms with van der Waals surface area (Å²) in [5, 5.41) is 0.938. The Labute approximate surface area is 124 Å². The Bertz CT molecular complexity index is 688. The molecular weight excluding hydrogens is 262 g/mol. The number of ketones is 1. The Balaban J connectivity index is 1.62. The summed E-state index contributed by atoms with van der Waals surface area (Å²) in [6.45, 7) is 0. The average molecular weight is 283 g/mol. The fourth-order valence-corrected chi connectivity index (χ4v) is 4.52. The fraction of sp³-hybridized carbons (Fsp3) is 0.500. The van der Waals surface area contributed by atoms with Crippen molar-refractivity contribution in [2.24, 2.45) is 17.8 Å². The van der Waals surface area contributed by atoms with Crippen LogP contribution in [0, 0.1) is 17.8 Å². The first-order chi connectivity index (χ1) is 10.3. The average Bonchev–Trinajstić information content (AvgIpc) is 3.20. The number of rotatable bonds is 4. The molecular formula is C18H21NO2. The van der Waals surface area contributed by atoms with Gasteiger partial charge in [-0.1, -0.05) is 12.5 Å². The molecule has 1 N–H and O–H groups in total. The molecule has 2 aliphatic carbocycles. The number of carbonyl (C=O) groups is 1. The Hall–Kier alpha value is -1.77. The van der Waals surface area contributed by atoms with Crippen LogP contribution in [0.15, 0.2) is 24.4 Å². The Morgan fingerprint density at radius 2 is 2.24 bits per heavy atom. The lowest BCUT2D eigenvalue weighted by Gasteiger charge is -2.20. The van der Waals surface area contributed by atoms with Gasteiger partial charge < -0.3 is 9.72 Å². The first-order valence-electron chi connectivity index (χ1n) is 7.93. The second kappa shape index (κ2) is 4.90. The van der Waals surface area contributed by atoms with Crippen molar-refractivity contribution in [3.05, 3.63) is 30.0 Å². The van der Waals surface area contributed by atoms with Crippen molar-refractivity contribution in [1.82, 2.24) is 4.98 Å². The molecule has 3 heteroatoms. The molecule has 1 aromatic carbocycles. The molecule has 0 radical (unpaired) electrons. The van der Waals surface area contributed by atoms with Crippen molar-refractivity contribution in [2.45, 2.75) is 32.1 Å². The molecule has 0 amide bonds. The zero-order valence-electron chi connectivity index (χ0n) is 12.4. The van der Waals surface area contributed by atoms with E-state index in [1.807, 2.05) is 24.4 Å². The summed E-state index contributed by atoms with van der Waals surface area (Å²) < 4.78 is 5.42. The third kappa shape index (κ3) is 2.06. The summed E-state index contributed by atoms with van der Waals surface area (Å²) in [5.74, 6) is 3.35. The topological polar surface area (TPSA) is 42.1 Å². The van der Waals surface area contributed by atoms with E-state index < -0.39 is 0 Å². The lowest BCUT2D eigenvalue weighted by molar-refractivity contribution is 0.0946. The molecule has 3 unspecified atom stereocenters. The zero-order valence-corrected chi connectivity index (χ0v) is 12.4. The number of Topliss-reactive ketones (excluding diaryl/α,β-unsaturated/α-hetero) is 1. The number of aromatic amines is 1. The maximum Gasteiger partial charge on any atom is 0.165 e. The number of aromatic nitrogens is 1. The van der Waals surface area contributed by atoms with Gasteiger partial charge in [-0.3, -0.25) is 4.79 Å². The summed E-state index contributed by atoms with van der Waals surface area (Å²) >= 11 is 0. The van der Waals surface area contributed by atoms with Crippen LogP contribution in [0.25, 0.3) is 10.9 Å². The standard InChI is InChI=1S/C18H21NO2/c1-21-17-4-2-3-15-18(17)14(10-19-15)16(20)9-13-8-11-5-6-12(13)7-11/h2-4,10-13,19H,5-9H2,1H3. The first kappa shape index (κ1) is 12.9. The lowest BCUT2D eigenvalue weighted by atomic mass is 9.84. The van der Waals surface area contributed by atoms with Gasteiger partial charge in [0.1, 0.15) is 5.75 Å². The maximum absolute atomic E-state index is 12.7. The SMILES string of the molecule is COc1cccc2[nH]cc(C(=O)CC3CC4CCC3C4)c12. The number of fused-ring (bicyclic) bond motifs is 3. The predicted molar refractivity (Wildman–Crippen MR) is 82.7 cm³/mol. The number of carbonyl (C=O) groups excluding carboxylic acids is 1. The largest absolute Gasteiger partial charge is 0.496 e. The smallest absolute Gasteiger partial charge is 0.165 e. The number of ether oxygens (including phenoxy) is 1. The van der Waals surface area contributed by atoms with Crippen molar-refractivity contribution >= 4 is 16.7 Å². The summed E-state index contributed by atoms with van der Waals surface area (Å²) in [5.41, 5.74) is 1.77. The van der Waals surface area contributed by atoms with E-state index in [0.29, 0.717) is 12.3 Å². The number of hydrogen-bond acceptors (Lipinski definition) is 2. The summed E-state index contributed by atoms with van der Waals surface area (Å²) in [6, 6.07) is 5.86. The Kier molecular flexibility index (Phi) is 3.02. The van der Waals surface area contributed by atoms with Crippen molar-refractivity contribution in [3.8, 4) is 5.75 Å². The van der Waals surface area contributed by atoms with Crippen LogP contribution in [0.3, 0.4) is 0 Å². The highest BCUT2D eigenvalue weighted by Gasteiger charge is 2.40. The third-order valence-corrected chi connectivity index (χ3v) is 5.52. The normalized spacial score (nSPS) is 27.4. The molecule has 2 bridgehead atoms. The zero-order chi connectivity index (χ0) is 14.4. The van der Waals surface area contributed by atoms with E-state index in [9.17, 15) is 4.79 Å². The Morgan fingerprint density at radius 1 is 1.33 bits per heavy atom. The molecule has 2 aromatic rings. The monoisotopic (exact) mass is 283 g/mol. The molecule has 2 aliphatic rings. The second-order valence-electron chi connectivity index (χ2n) is 6.65. The number of nitrogens with one attached hydrogen (secondary N) is 1. The number of H-pyrrole nitrogens is 1. The van der Waals surface area contributed by atoms with Gasteiger partial charge in [0.05, 0.1) is 12.5 Å². The van der Waals surface area contributed by atoms with Crippen LogP contribution in [0.5, 0.6) is 5.75 Å². The molecule has 1 aromatic heterocycles. The van der Waals surface area contributed by atoms with Crippen molar-refractivity contribution in [1.29, 1.82) is 0 Å². The molecule has 0 aliphatic heterocycles. The molecule has 2 saturated carbocycles. The van der Waals surface area contributed by atoms with E-state index in [0.717, 1.165) is 34.1 Å². The maximum atomic E-state index is 12.7. The van der Waals surface area contributed by atoms with E-state index in [4.69, 9.17) is 4.74 Å². The van der Waals surface area contributed by atoms with Crippen LogP contribution in [0.4, 0.5) is 0 Å². The third-order valence-electron chi connectivity index (χ3n) is 5.52. The van der Waals surface area contributed by atoms with Gasteiger partial charge in [0.25, 0.3) is 0 Å². The van der Waals surface area contributed by atoms with Gasteiger partial charge in [0.2, 0.25) is 0 Å².